The van der Waals surface area contributed by atoms with Crippen LogP contribution in [0, 0.1) is 19.3 Å². The van der Waals surface area contributed by atoms with E-state index in [1.807, 2.05) is 26.2 Å². The third-order valence-corrected chi connectivity index (χ3v) is 2.01. The molecular weight excluding hydrogens is 160 g/mol. The average molecular weight is 174 g/mol. The molecule has 0 saturated heterocycles. The molecule has 2 nitrogen and oxygen atoms in total. The Hall–Kier alpha value is -1.33. The van der Waals surface area contributed by atoms with Crippen molar-refractivity contribution in [1.82, 2.24) is 10.3 Å². The lowest BCUT2D eigenvalue weighted by atomic mass is 10.1. The van der Waals surface area contributed by atoms with Gasteiger partial charge in [-0.2, -0.15) is 0 Å². The minimum Gasteiger partial charge on any atom is -0.312 e. The van der Waals surface area contributed by atoms with Crippen molar-refractivity contribution >= 4 is 0 Å². The number of aryl methyl sites for hydroxylation is 1. The molecule has 0 saturated carbocycles. The minimum absolute atomic E-state index is 0.220. The summed E-state index contributed by atoms with van der Waals surface area (Å²) >= 11 is 0. The van der Waals surface area contributed by atoms with E-state index >= 15 is 0 Å². The van der Waals surface area contributed by atoms with Gasteiger partial charge in [0.1, 0.15) is 0 Å². The predicted molar refractivity (Wildman–Crippen MR) is 54.2 cm³/mol. The summed E-state index contributed by atoms with van der Waals surface area (Å²) < 4.78 is 0. The fourth-order valence-electron chi connectivity index (χ4n) is 1.19. The van der Waals surface area contributed by atoms with Crippen LogP contribution in [0.1, 0.15) is 23.7 Å². The monoisotopic (exact) mass is 174 g/mol. The maximum Gasteiger partial charge on any atom is 0.0443 e. The molecule has 2 heteroatoms. The van der Waals surface area contributed by atoms with Gasteiger partial charge in [0.2, 0.25) is 0 Å². The van der Waals surface area contributed by atoms with Gasteiger partial charge in [-0.15, -0.1) is 12.3 Å². The summed E-state index contributed by atoms with van der Waals surface area (Å²) in [5.41, 5.74) is 2.17. The highest BCUT2D eigenvalue weighted by Gasteiger charge is 2.06. The van der Waals surface area contributed by atoms with E-state index in [4.69, 9.17) is 6.42 Å². The Morgan fingerprint density at radius 1 is 1.62 bits per heavy atom. The van der Waals surface area contributed by atoms with E-state index in [0.717, 1.165) is 11.3 Å². The summed E-state index contributed by atoms with van der Waals surface area (Å²) in [5, 5.41) is 3.16. The second-order valence-electron chi connectivity index (χ2n) is 2.98. The summed E-state index contributed by atoms with van der Waals surface area (Å²) in [6.07, 6.45) is 7.83. The Morgan fingerprint density at radius 2 is 2.38 bits per heavy atom. The molecule has 0 aliphatic carbocycles. The standard InChI is InChI=1S/C11H14N2/c1-4-5-11(12-3)10-7-6-9(2)13-8-10/h1,6-8,11-12H,5H2,2-3H3. The van der Waals surface area contributed by atoms with E-state index < -0.39 is 0 Å². The molecule has 1 atom stereocenters. The molecule has 0 radical (unpaired) electrons. The van der Waals surface area contributed by atoms with Crippen molar-refractivity contribution in [2.24, 2.45) is 0 Å². The maximum atomic E-state index is 5.26. The fraction of sp³-hybridized carbons (Fsp3) is 0.364. The van der Waals surface area contributed by atoms with Crippen LogP contribution in [0.2, 0.25) is 0 Å². The zero-order chi connectivity index (χ0) is 9.68. The third-order valence-electron chi connectivity index (χ3n) is 2.01. The first kappa shape index (κ1) is 9.76. The second kappa shape index (κ2) is 4.64. The predicted octanol–water partition coefficient (Wildman–Crippen LogP) is 1.67. The Balaban J connectivity index is 2.80. The largest absolute Gasteiger partial charge is 0.312 e. The Kier molecular flexibility index (Phi) is 3.48. The SMILES string of the molecule is C#CCC(NC)c1ccc(C)nc1. The summed E-state index contributed by atoms with van der Waals surface area (Å²) in [7, 11) is 1.90. The van der Waals surface area contributed by atoms with Crippen LogP contribution in [0.3, 0.4) is 0 Å². The molecule has 0 aliphatic rings. The molecule has 1 N–H and O–H groups in total. The highest BCUT2D eigenvalue weighted by molar-refractivity contribution is 5.18. The number of hydrogen-bond donors (Lipinski definition) is 1. The van der Waals surface area contributed by atoms with Gasteiger partial charge in [-0.3, -0.25) is 4.98 Å². The quantitative estimate of drug-likeness (QED) is 0.705. The molecule has 0 aliphatic heterocycles. The van der Waals surface area contributed by atoms with Crippen LogP contribution in [-0.2, 0) is 0 Å². The number of nitrogens with one attached hydrogen (secondary N) is 1. The lowest BCUT2D eigenvalue weighted by Crippen LogP contribution is -2.15. The van der Waals surface area contributed by atoms with E-state index in [0.29, 0.717) is 6.42 Å². The Labute approximate surface area is 79.4 Å². The lowest BCUT2D eigenvalue weighted by Gasteiger charge is -2.12. The topological polar surface area (TPSA) is 24.9 Å². The first-order chi connectivity index (χ1) is 6.27. The van der Waals surface area contributed by atoms with Crippen molar-refractivity contribution in [2.45, 2.75) is 19.4 Å². The molecule has 13 heavy (non-hydrogen) atoms. The second-order valence-corrected chi connectivity index (χ2v) is 2.98. The number of aromatic nitrogens is 1. The molecule has 0 amide bonds. The van der Waals surface area contributed by atoms with E-state index in [2.05, 4.69) is 22.3 Å². The highest BCUT2D eigenvalue weighted by atomic mass is 14.9. The number of terminal acetylenes is 1. The maximum absolute atomic E-state index is 5.26. The van der Waals surface area contributed by atoms with Gasteiger partial charge >= 0.3 is 0 Å². The molecule has 0 bridgehead atoms. The van der Waals surface area contributed by atoms with Crippen molar-refractivity contribution in [3.8, 4) is 12.3 Å². The molecule has 1 rings (SSSR count). The molecule has 0 fully saturated rings. The van der Waals surface area contributed by atoms with Gasteiger partial charge < -0.3 is 5.32 Å². The summed E-state index contributed by atoms with van der Waals surface area (Å²) in [4.78, 5) is 4.22. The lowest BCUT2D eigenvalue weighted by molar-refractivity contribution is 0.609. The van der Waals surface area contributed by atoms with Gasteiger partial charge in [-0.25, -0.2) is 0 Å². The summed E-state index contributed by atoms with van der Waals surface area (Å²) in [6.45, 7) is 1.97. The molecule has 0 aromatic carbocycles. The Bertz CT molecular complexity index is 295. The van der Waals surface area contributed by atoms with E-state index in [1.54, 1.807) is 0 Å². The van der Waals surface area contributed by atoms with Crippen molar-refractivity contribution < 1.29 is 0 Å². The Morgan fingerprint density at radius 3 is 2.85 bits per heavy atom. The van der Waals surface area contributed by atoms with Crippen molar-refractivity contribution in [2.75, 3.05) is 7.05 Å². The van der Waals surface area contributed by atoms with Crippen LogP contribution < -0.4 is 5.32 Å². The normalized spacial score (nSPS) is 12.1. The van der Waals surface area contributed by atoms with Gasteiger partial charge in [0.25, 0.3) is 0 Å². The van der Waals surface area contributed by atoms with E-state index in [1.165, 1.54) is 0 Å². The number of rotatable bonds is 3. The van der Waals surface area contributed by atoms with Gasteiger partial charge in [0.15, 0.2) is 0 Å². The van der Waals surface area contributed by atoms with Gasteiger partial charge in [-0.1, -0.05) is 6.07 Å². The first-order valence-electron chi connectivity index (χ1n) is 4.31. The zero-order valence-corrected chi connectivity index (χ0v) is 8.04. The van der Waals surface area contributed by atoms with Crippen LogP contribution in [0.15, 0.2) is 18.3 Å². The van der Waals surface area contributed by atoms with Crippen LogP contribution in [0.4, 0.5) is 0 Å². The molecule has 0 spiro atoms. The van der Waals surface area contributed by atoms with Crippen LogP contribution in [-0.4, -0.2) is 12.0 Å². The van der Waals surface area contributed by atoms with Crippen molar-refractivity contribution in [1.29, 1.82) is 0 Å². The van der Waals surface area contributed by atoms with Crippen LogP contribution in [0.5, 0.6) is 0 Å². The molecule has 68 valence electrons. The molecule has 1 aromatic rings. The summed E-state index contributed by atoms with van der Waals surface area (Å²) in [5.74, 6) is 2.64. The number of nitrogens with zero attached hydrogens (tertiary/aromatic N) is 1. The molecule has 1 unspecified atom stereocenters. The smallest absolute Gasteiger partial charge is 0.0443 e. The van der Waals surface area contributed by atoms with Gasteiger partial charge in [0, 0.05) is 24.4 Å². The van der Waals surface area contributed by atoms with Gasteiger partial charge in [0.05, 0.1) is 0 Å². The van der Waals surface area contributed by atoms with Gasteiger partial charge in [-0.05, 0) is 25.6 Å². The number of hydrogen-bond acceptors (Lipinski definition) is 2. The molecular formula is C11H14N2. The molecule has 1 heterocycles. The van der Waals surface area contributed by atoms with Crippen molar-refractivity contribution in [3.63, 3.8) is 0 Å². The van der Waals surface area contributed by atoms with Crippen molar-refractivity contribution in [3.05, 3.63) is 29.6 Å². The average Bonchev–Trinajstić information content (AvgIpc) is 2.16. The third kappa shape index (κ3) is 2.57. The van der Waals surface area contributed by atoms with Crippen LogP contribution in [0.25, 0.3) is 0 Å². The van der Waals surface area contributed by atoms with E-state index in [-0.39, 0.29) is 6.04 Å². The molecule has 1 aromatic heterocycles. The first-order valence-corrected chi connectivity index (χ1v) is 4.31. The highest BCUT2D eigenvalue weighted by Crippen LogP contribution is 2.14. The summed E-state index contributed by atoms with van der Waals surface area (Å²) in [6, 6.07) is 4.27. The van der Waals surface area contributed by atoms with Crippen LogP contribution >= 0.6 is 0 Å². The zero-order valence-electron chi connectivity index (χ0n) is 8.04. The fourth-order valence-corrected chi connectivity index (χ4v) is 1.19. The number of pyridine rings is 1. The van der Waals surface area contributed by atoms with E-state index in [9.17, 15) is 0 Å². The minimum atomic E-state index is 0.220.